The highest BCUT2D eigenvalue weighted by Crippen LogP contribution is 2.12. The van der Waals surface area contributed by atoms with Gasteiger partial charge < -0.3 is 15.7 Å². The van der Waals surface area contributed by atoms with Crippen molar-refractivity contribution in [2.75, 3.05) is 6.54 Å². The van der Waals surface area contributed by atoms with E-state index in [4.69, 9.17) is 0 Å². The van der Waals surface area contributed by atoms with E-state index in [-0.39, 0.29) is 30.4 Å². The molecule has 3 unspecified atom stereocenters. The molecule has 1 heterocycles. The maximum absolute atomic E-state index is 12.0. The fourth-order valence-corrected chi connectivity index (χ4v) is 2.55. The highest BCUT2D eigenvalue weighted by molar-refractivity contribution is 9.10. The van der Waals surface area contributed by atoms with Crippen molar-refractivity contribution in [3.63, 3.8) is 0 Å². The summed E-state index contributed by atoms with van der Waals surface area (Å²) in [4.78, 5) is 12.0. The van der Waals surface area contributed by atoms with Crippen LogP contribution < -0.4 is 10.6 Å². The Morgan fingerprint density at radius 2 is 2.15 bits per heavy atom. The third-order valence-corrected chi connectivity index (χ3v) is 3.80. The van der Waals surface area contributed by atoms with E-state index in [0.717, 1.165) is 10.9 Å². The molecule has 0 spiro atoms. The minimum Gasteiger partial charge on any atom is -0.392 e. The van der Waals surface area contributed by atoms with Gasteiger partial charge in [-0.25, -0.2) is 0 Å². The summed E-state index contributed by atoms with van der Waals surface area (Å²) in [7, 11) is 0. The van der Waals surface area contributed by atoms with E-state index in [1.165, 1.54) is 5.56 Å². The molecular weight excluding hydrogens is 344 g/mol. The third kappa shape index (κ3) is 5.05. The van der Waals surface area contributed by atoms with Crippen molar-refractivity contribution in [1.82, 2.24) is 10.6 Å². The highest BCUT2D eigenvalue weighted by Gasteiger charge is 2.28. The van der Waals surface area contributed by atoms with Gasteiger partial charge in [-0.15, -0.1) is 12.4 Å². The zero-order valence-corrected chi connectivity index (χ0v) is 13.7. The van der Waals surface area contributed by atoms with Crippen LogP contribution in [0.5, 0.6) is 0 Å². The van der Waals surface area contributed by atoms with E-state index in [1.807, 2.05) is 31.2 Å². The maximum Gasteiger partial charge on any atom is 0.237 e. The van der Waals surface area contributed by atoms with Gasteiger partial charge in [0.2, 0.25) is 5.91 Å². The van der Waals surface area contributed by atoms with Gasteiger partial charge in [0.15, 0.2) is 0 Å². The molecule has 4 nitrogen and oxygen atoms in total. The molecule has 1 aliphatic heterocycles. The van der Waals surface area contributed by atoms with Crippen LogP contribution >= 0.6 is 28.3 Å². The molecule has 0 aromatic heterocycles. The lowest BCUT2D eigenvalue weighted by Crippen LogP contribution is -2.44. The van der Waals surface area contributed by atoms with Gasteiger partial charge in [0.05, 0.1) is 12.1 Å². The highest BCUT2D eigenvalue weighted by atomic mass is 79.9. The summed E-state index contributed by atoms with van der Waals surface area (Å²) < 4.78 is 1.05. The molecule has 20 heavy (non-hydrogen) atoms. The van der Waals surface area contributed by atoms with E-state index in [0.29, 0.717) is 13.0 Å². The van der Waals surface area contributed by atoms with Gasteiger partial charge in [-0.1, -0.05) is 28.1 Å². The summed E-state index contributed by atoms with van der Waals surface area (Å²) in [5.74, 6) is -0.0267. The first kappa shape index (κ1) is 17.4. The molecule has 1 aliphatic rings. The van der Waals surface area contributed by atoms with Crippen LogP contribution in [0.2, 0.25) is 0 Å². The van der Waals surface area contributed by atoms with Crippen LogP contribution in [0.3, 0.4) is 0 Å². The molecule has 1 aromatic rings. The Kier molecular flexibility index (Phi) is 6.95. The fourth-order valence-electron chi connectivity index (χ4n) is 2.29. The normalized spacial score (nSPS) is 22.9. The van der Waals surface area contributed by atoms with Gasteiger partial charge in [0, 0.05) is 17.1 Å². The van der Waals surface area contributed by atoms with Gasteiger partial charge in [0.1, 0.15) is 0 Å². The Hall–Kier alpha value is -0.620. The number of rotatable bonds is 4. The van der Waals surface area contributed by atoms with E-state index >= 15 is 0 Å². The maximum atomic E-state index is 12.0. The lowest BCUT2D eigenvalue weighted by molar-refractivity contribution is -0.123. The van der Waals surface area contributed by atoms with Crippen molar-refractivity contribution in [3.8, 4) is 0 Å². The first-order chi connectivity index (χ1) is 9.04. The molecule has 1 amide bonds. The zero-order chi connectivity index (χ0) is 13.8. The number of aliphatic hydroxyl groups excluding tert-OH is 1. The predicted molar refractivity (Wildman–Crippen MR) is 85.1 cm³/mol. The quantitative estimate of drug-likeness (QED) is 0.762. The van der Waals surface area contributed by atoms with Crippen LogP contribution in [0.1, 0.15) is 18.9 Å². The summed E-state index contributed by atoms with van der Waals surface area (Å²) in [6.45, 7) is 2.49. The Morgan fingerprint density at radius 3 is 2.70 bits per heavy atom. The summed E-state index contributed by atoms with van der Waals surface area (Å²) in [5, 5.41) is 15.4. The van der Waals surface area contributed by atoms with Crippen molar-refractivity contribution in [2.24, 2.45) is 0 Å². The van der Waals surface area contributed by atoms with Crippen LogP contribution in [-0.2, 0) is 11.2 Å². The van der Waals surface area contributed by atoms with Crippen molar-refractivity contribution in [1.29, 1.82) is 0 Å². The fraction of sp³-hybridized carbons (Fsp3) is 0.500. The van der Waals surface area contributed by atoms with Crippen molar-refractivity contribution < 1.29 is 9.90 Å². The third-order valence-electron chi connectivity index (χ3n) is 3.27. The SMILES string of the molecule is CC(Cc1ccc(Br)cc1)NC(=O)C1CC(O)CN1.Cl. The molecule has 3 N–H and O–H groups in total. The van der Waals surface area contributed by atoms with E-state index in [2.05, 4.69) is 26.6 Å². The van der Waals surface area contributed by atoms with Crippen LogP contribution in [0.25, 0.3) is 0 Å². The molecule has 1 saturated heterocycles. The number of hydrogen-bond donors (Lipinski definition) is 3. The number of hydrogen-bond acceptors (Lipinski definition) is 3. The summed E-state index contributed by atoms with van der Waals surface area (Å²) in [6.07, 6.45) is 0.892. The molecule has 0 saturated carbocycles. The predicted octanol–water partition coefficient (Wildman–Crippen LogP) is 1.64. The summed E-state index contributed by atoms with van der Waals surface area (Å²) >= 11 is 3.40. The summed E-state index contributed by atoms with van der Waals surface area (Å²) in [6, 6.07) is 7.90. The topological polar surface area (TPSA) is 61.4 Å². The van der Waals surface area contributed by atoms with E-state index in [1.54, 1.807) is 0 Å². The van der Waals surface area contributed by atoms with E-state index < -0.39 is 6.10 Å². The van der Waals surface area contributed by atoms with E-state index in [9.17, 15) is 9.90 Å². The number of nitrogens with one attached hydrogen (secondary N) is 2. The molecule has 6 heteroatoms. The Morgan fingerprint density at radius 1 is 1.50 bits per heavy atom. The molecule has 1 aromatic carbocycles. The van der Waals surface area contributed by atoms with Crippen LogP contribution in [-0.4, -0.2) is 35.7 Å². The smallest absolute Gasteiger partial charge is 0.237 e. The number of aliphatic hydroxyl groups is 1. The molecular formula is C14H20BrClN2O2. The Bertz CT molecular complexity index is 441. The molecule has 2 rings (SSSR count). The largest absolute Gasteiger partial charge is 0.392 e. The number of halogens is 2. The molecule has 3 atom stereocenters. The Labute approximate surface area is 133 Å². The van der Waals surface area contributed by atoms with Crippen molar-refractivity contribution in [2.45, 2.75) is 38.0 Å². The minimum absolute atomic E-state index is 0. The molecule has 112 valence electrons. The second kappa shape index (κ2) is 7.98. The van der Waals surface area contributed by atoms with Gasteiger partial charge in [-0.2, -0.15) is 0 Å². The van der Waals surface area contributed by atoms with Crippen LogP contribution in [0.4, 0.5) is 0 Å². The average molecular weight is 364 g/mol. The number of β-amino-alcohol motifs (C(OH)–C–C–N with tert-alkyl or cyclic N) is 1. The first-order valence-electron chi connectivity index (χ1n) is 6.51. The lowest BCUT2D eigenvalue weighted by Gasteiger charge is -2.17. The van der Waals surface area contributed by atoms with Gasteiger partial charge >= 0.3 is 0 Å². The number of benzene rings is 1. The monoisotopic (exact) mass is 362 g/mol. The number of carbonyl (C=O) groups is 1. The summed E-state index contributed by atoms with van der Waals surface area (Å²) in [5.41, 5.74) is 1.19. The average Bonchev–Trinajstić information content (AvgIpc) is 2.79. The van der Waals surface area contributed by atoms with Crippen molar-refractivity contribution in [3.05, 3.63) is 34.3 Å². The van der Waals surface area contributed by atoms with Crippen molar-refractivity contribution >= 4 is 34.2 Å². The standard InChI is InChI=1S/C14H19BrN2O2.ClH/c1-9(6-10-2-4-11(15)5-3-10)17-14(19)13-7-12(18)8-16-13;/h2-5,9,12-13,16,18H,6-8H2,1H3,(H,17,19);1H. The van der Waals surface area contributed by atoms with Gasteiger partial charge in [0.25, 0.3) is 0 Å². The first-order valence-corrected chi connectivity index (χ1v) is 7.30. The zero-order valence-electron chi connectivity index (χ0n) is 11.3. The van der Waals surface area contributed by atoms with Crippen LogP contribution in [0, 0.1) is 0 Å². The minimum atomic E-state index is -0.405. The Balaban J connectivity index is 0.00000200. The lowest BCUT2D eigenvalue weighted by atomic mass is 10.1. The number of carbonyl (C=O) groups excluding carboxylic acids is 1. The van der Waals surface area contributed by atoms with Gasteiger partial charge in [-0.05, 0) is 37.5 Å². The molecule has 0 bridgehead atoms. The second-order valence-electron chi connectivity index (χ2n) is 5.09. The second-order valence-corrected chi connectivity index (χ2v) is 6.01. The molecule has 0 aliphatic carbocycles. The number of amides is 1. The molecule has 1 fully saturated rings. The van der Waals surface area contributed by atoms with Crippen LogP contribution in [0.15, 0.2) is 28.7 Å². The van der Waals surface area contributed by atoms with Gasteiger partial charge in [-0.3, -0.25) is 4.79 Å². The molecule has 0 radical (unpaired) electrons.